The van der Waals surface area contributed by atoms with Gasteiger partial charge in [-0.05, 0) is 44.8 Å². The first-order valence-corrected chi connectivity index (χ1v) is 9.91. The van der Waals surface area contributed by atoms with Gasteiger partial charge in [0.05, 0.1) is 9.52 Å². The van der Waals surface area contributed by atoms with Gasteiger partial charge in [0.1, 0.15) is 0 Å². The average molecular weight is 341 g/mol. The van der Waals surface area contributed by atoms with Gasteiger partial charge >= 0.3 is 0 Å². The van der Waals surface area contributed by atoms with Gasteiger partial charge in [-0.15, -0.1) is 0 Å². The zero-order valence-electron chi connectivity index (χ0n) is 14.2. The van der Waals surface area contributed by atoms with E-state index in [1.165, 1.54) is 22.3 Å². The van der Waals surface area contributed by atoms with Crippen LogP contribution < -0.4 is 0 Å². The van der Waals surface area contributed by atoms with Crippen LogP contribution in [0.15, 0.2) is 42.7 Å². The van der Waals surface area contributed by atoms with E-state index in [1.807, 2.05) is 0 Å². The maximum atomic E-state index is 6.75. The van der Waals surface area contributed by atoms with Gasteiger partial charge in [-0.3, -0.25) is 0 Å². The van der Waals surface area contributed by atoms with Gasteiger partial charge in [0, 0.05) is 21.9 Å². The van der Waals surface area contributed by atoms with E-state index >= 15 is 0 Å². The topological polar surface area (TPSA) is 0 Å². The molecule has 0 nitrogen and oxygen atoms in total. The van der Waals surface area contributed by atoms with Crippen molar-refractivity contribution in [2.75, 3.05) is 0 Å². The van der Waals surface area contributed by atoms with E-state index in [2.05, 4.69) is 48.5 Å². The molecule has 0 bridgehead atoms. The monoisotopic (exact) mass is 340 g/mol. The third-order valence-electron chi connectivity index (χ3n) is 5.77. The van der Waals surface area contributed by atoms with E-state index in [0.717, 1.165) is 16.5 Å². The van der Waals surface area contributed by atoms with E-state index in [4.69, 9.17) is 23.2 Å². The lowest BCUT2D eigenvalue weighted by Gasteiger charge is -2.32. The molecular formula is C18H26Cl2Si. The number of hydrogen-bond donors (Lipinski definition) is 0. The Hall–Kier alpha value is -0.243. The predicted octanol–water partition coefficient (Wildman–Crippen LogP) is 5.81. The molecule has 0 aromatic carbocycles. The van der Waals surface area contributed by atoms with E-state index < -0.39 is 9.52 Å². The zero-order valence-corrected chi connectivity index (χ0v) is 17.2. The van der Waals surface area contributed by atoms with Crippen molar-refractivity contribution in [2.24, 2.45) is 11.3 Å². The fraction of sp³-hybridized carbons (Fsp3) is 0.556. The van der Waals surface area contributed by atoms with Crippen molar-refractivity contribution < 1.29 is 0 Å². The van der Waals surface area contributed by atoms with Gasteiger partial charge in [-0.25, -0.2) is 0 Å². The molecule has 0 aromatic rings. The minimum Gasteiger partial charge on any atom is -0.0885 e. The Morgan fingerprint density at radius 3 is 1.95 bits per heavy atom. The van der Waals surface area contributed by atoms with Crippen LogP contribution >= 0.6 is 23.2 Å². The summed E-state index contributed by atoms with van der Waals surface area (Å²) in [5.74, 6) is 0.519. The van der Waals surface area contributed by atoms with Gasteiger partial charge in [0.15, 0.2) is 0 Å². The molecule has 1 atom stereocenters. The Morgan fingerprint density at radius 2 is 1.57 bits per heavy atom. The van der Waals surface area contributed by atoms with Crippen molar-refractivity contribution in [2.45, 2.75) is 54.9 Å². The first kappa shape index (κ1) is 17.1. The highest BCUT2D eigenvalue weighted by Crippen LogP contribution is 2.53. The fourth-order valence-electron chi connectivity index (χ4n) is 3.65. The normalized spacial score (nSPS) is 27.7. The summed E-state index contributed by atoms with van der Waals surface area (Å²) in [6.07, 6.45) is 0.944. The standard InChI is InChI=1S/C18H26Cl2Si/c1-9(2)18(7)13(6)16(12(5)17(18)20)21-15-10(3)8-14(19)11(15)4/h9H,8,21H2,1-7H3. The molecule has 2 aliphatic carbocycles. The minimum atomic E-state index is -0.515. The Morgan fingerprint density at radius 1 is 1.00 bits per heavy atom. The summed E-state index contributed by atoms with van der Waals surface area (Å²) in [6, 6.07) is 0. The highest BCUT2D eigenvalue weighted by molar-refractivity contribution is 6.58. The molecule has 116 valence electrons. The first-order chi connectivity index (χ1) is 9.62. The molecule has 0 fully saturated rings. The molecular weight excluding hydrogens is 315 g/mol. The maximum absolute atomic E-state index is 6.75. The summed E-state index contributed by atoms with van der Waals surface area (Å²) in [5.41, 5.74) is 5.62. The molecule has 0 spiro atoms. The van der Waals surface area contributed by atoms with Crippen LogP contribution in [-0.2, 0) is 0 Å². The van der Waals surface area contributed by atoms with Gasteiger partial charge in [-0.2, -0.15) is 0 Å². The highest BCUT2D eigenvalue weighted by atomic mass is 35.5. The van der Waals surface area contributed by atoms with E-state index in [0.29, 0.717) is 5.92 Å². The largest absolute Gasteiger partial charge is 0.0885 e. The van der Waals surface area contributed by atoms with Crippen molar-refractivity contribution in [1.82, 2.24) is 0 Å². The Bertz CT molecular complexity index is 617. The second-order valence-electron chi connectivity index (χ2n) is 7.04. The smallest absolute Gasteiger partial charge is 0.0882 e. The number of rotatable bonds is 3. The average Bonchev–Trinajstić information content (AvgIpc) is 2.74. The maximum Gasteiger partial charge on any atom is 0.0882 e. The first-order valence-electron chi connectivity index (χ1n) is 7.74. The molecule has 0 amide bonds. The summed E-state index contributed by atoms with van der Waals surface area (Å²) >= 11 is 13.1. The number of hydrogen-bond acceptors (Lipinski definition) is 0. The molecule has 0 aromatic heterocycles. The van der Waals surface area contributed by atoms with Crippen LogP contribution in [-0.4, -0.2) is 9.52 Å². The number of allylic oxidation sites excluding steroid dienone is 8. The van der Waals surface area contributed by atoms with Crippen LogP contribution in [0.3, 0.4) is 0 Å². The van der Waals surface area contributed by atoms with Crippen LogP contribution in [0.1, 0.15) is 54.9 Å². The van der Waals surface area contributed by atoms with Crippen molar-refractivity contribution in [3.63, 3.8) is 0 Å². The fourth-order valence-corrected chi connectivity index (χ4v) is 6.99. The minimum absolute atomic E-state index is 0.0163. The Balaban J connectivity index is 2.47. The third-order valence-corrected chi connectivity index (χ3v) is 9.77. The quantitative estimate of drug-likeness (QED) is 0.568. The zero-order chi connectivity index (χ0) is 16.1. The molecule has 2 rings (SSSR count). The molecule has 0 radical (unpaired) electrons. The summed E-state index contributed by atoms with van der Waals surface area (Å²) < 4.78 is 0. The van der Waals surface area contributed by atoms with Crippen LogP contribution in [0, 0.1) is 11.3 Å². The second-order valence-corrected chi connectivity index (χ2v) is 9.64. The molecule has 0 N–H and O–H groups in total. The predicted molar refractivity (Wildman–Crippen MR) is 98.6 cm³/mol. The van der Waals surface area contributed by atoms with Crippen LogP contribution in [0.25, 0.3) is 0 Å². The lowest BCUT2D eigenvalue weighted by Crippen LogP contribution is -2.23. The van der Waals surface area contributed by atoms with Crippen molar-refractivity contribution in [3.05, 3.63) is 42.7 Å². The SMILES string of the molecule is CC1=C([SiH2]C2=C(C)C(C)(C(C)C)C(Cl)=C2C)C(C)=C(Cl)C1. The number of halogens is 2. The van der Waals surface area contributed by atoms with Gasteiger partial charge in [-0.1, -0.05) is 65.5 Å². The molecule has 1 unspecified atom stereocenters. The Kier molecular flexibility index (Phi) is 4.69. The molecule has 0 aliphatic heterocycles. The van der Waals surface area contributed by atoms with E-state index in [1.54, 1.807) is 10.4 Å². The van der Waals surface area contributed by atoms with Gasteiger partial charge in [0.2, 0.25) is 0 Å². The molecule has 2 aliphatic rings. The molecule has 0 saturated carbocycles. The van der Waals surface area contributed by atoms with Crippen LogP contribution in [0.2, 0.25) is 0 Å². The van der Waals surface area contributed by atoms with E-state index in [-0.39, 0.29) is 5.41 Å². The molecule has 0 heterocycles. The lowest BCUT2D eigenvalue weighted by molar-refractivity contribution is 0.356. The van der Waals surface area contributed by atoms with Crippen molar-refractivity contribution >= 4 is 32.7 Å². The second kappa shape index (κ2) is 5.75. The van der Waals surface area contributed by atoms with Crippen molar-refractivity contribution in [1.29, 1.82) is 0 Å². The van der Waals surface area contributed by atoms with Gasteiger partial charge in [0.25, 0.3) is 0 Å². The molecule has 0 saturated heterocycles. The van der Waals surface area contributed by atoms with E-state index in [9.17, 15) is 0 Å². The molecule has 3 heteroatoms. The van der Waals surface area contributed by atoms with Crippen molar-refractivity contribution in [3.8, 4) is 0 Å². The summed E-state index contributed by atoms with van der Waals surface area (Å²) in [6.45, 7) is 15.7. The van der Waals surface area contributed by atoms with Crippen LogP contribution in [0.5, 0.6) is 0 Å². The summed E-state index contributed by atoms with van der Waals surface area (Å²) in [5, 5.41) is 5.19. The van der Waals surface area contributed by atoms with Crippen LogP contribution in [0.4, 0.5) is 0 Å². The third kappa shape index (κ3) is 2.52. The van der Waals surface area contributed by atoms with Gasteiger partial charge < -0.3 is 0 Å². The summed E-state index contributed by atoms with van der Waals surface area (Å²) in [4.78, 5) is 0. The lowest BCUT2D eigenvalue weighted by atomic mass is 9.75. The summed E-state index contributed by atoms with van der Waals surface area (Å²) in [7, 11) is -0.515. The highest BCUT2D eigenvalue weighted by Gasteiger charge is 2.41. The molecule has 21 heavy (non-hydrogen) atoms. The Labute approximate surface area is 141 Å².